The van der Waals surface area contributed by atoms with Crippen molar-refractivity contribution in [1.29, 1.82) is 0 Å². The van der Waals surface area contributed by atoms with Gasteiger partial charge in [-0.2, -0.15) is 0 Å². The van der Waals surface area contributed by atoms with Crippen molar-refractivity contribution in [3.63, 3.8) is 0 Å². The first kappa shape index (κ1) is 19.8. The fraction of sp³-hybridized carbons (Fsp3) is 0.348. The minimum absolute atomic E-state index is 0.119. The molecule has 0 saturated carbocycles. The van der Waals surface area contributed by atoms with Gasteiger partial charge in [-0.3, -0.25) is 19.3 Å². The monoisotopic (exact) mass is 378 g/mol. The molecule has 146 valence electrons. The number of hydrogen-bond acceptors (Lipinski definition) is 3. The summed E-state index contributed by atoms with van der Waals surface area (Å²) in [4.78, 5) is 39.4. The summed E-state index contributed by atoms with van der Waals surface area (Å²) in [7, 11) is 0. The largest absolute Gasteiger partial charge is 0.322 e. The summed E-state index contributed by atoms with van der Waals surface area (Å²) >= 11 is 0. The Labute approximate surface area is 165 Å². The van der Waals surface area contributed by atoms with Crippen LogP contribution in [0.1, 0.15) is 49.9 Å². The third kappa shape index (κ3) is 3.98. The highest BCUT2D eigenvalue weighted by Gasteiger charge is 2.46. The molecule has 5 nitrogen and oxygen atoms in total. The molecule has 1 heterocycles. The van der Waals surface area contributed by atoms with E-state index in [9.17, 15) is 14.4 Å². The Bertz CT molecular complexity index is 846. The van der Waals surface area contributed by atoms with E-state index in [1.165, 1.54) is 4.90 Å². The van der Waals surface area contributed by atoms with Crippen molar-refractivity contribution in [3.8, 4) is 0 Å². The molecule has 1 N–H and O–H groups in total. The number of imide groups is 1. The van der Waals surface area contributed by atoms with Gasteiger partial charge in [0, 0.05) is 11.3 Å². The summed E-state index contributed by atoms with van der Waals surface area (Å²) < 4.78 is 0. The summed E-state index contributed by atoms with van der Waals surface area (Å²) in [6, 6.07) is 15.8. The molecular formula is C23H26N2O3. The van der Waals surface area contributed by atoms with E-state index in [1.54, 1.807) is 24.3 Å². The number of para-hydroxylation sites is 1. The maximum absolute atomic E-state index is 12.9. The number of carbonyl (C=O) groups is 3. The molecule has 1 saturated heterocycles. The minimum Gasteiger partial charge on any atom is -0.322 e. The zero-order valence-electron chi connectivity index (χ0n) is 16.4. The Morgan fingerprint density at radius 1 is 0.929 bits per heavy atom. The average Bonchev–Trinajstić information content (AvgIpc) is 2.96. The summed E-state index contributed by atoms with van der Waals surface area (Å²) in [5, 5.41) is 2.82. The third-order valence-corrected chi connectivity index (χ3v) is 5.29. The van der Waals surface area contributed by atoms with Gasteiger partial charge in [0.2, 0.25) is 11.8 Å². The molecule has 28 heavy (non-hydrogen) atoms. The molecule has 3 rings (SSSR count). The van der Waals surface area contributed by atoms with E-state index in [0.717, 1.165) is 19.3 Å². The molecule has 5 heteroatoms. The molecule has 2 atom stereocenters. The molecule has 1 aliphatic rings. The van der Waals surface area contributed by atoms with Gasteiger partial charge in [-0.25, -0.2) is 0 Å². The van der Waals surface area contributed by atoms with Crippen molar-refractivity contribution >= 4 is 29.1 Å². The van der Waals surface area contributed by atoms with Crippen molar-refractivity contribution in [3.05, 3.63) is 60.2 Å². The van der Waals surface area contributed by atoms with Gasteiger partial charge >= 0.3 is 0 Å². The lowest BCUT2D eigenvalue weighted by Crippen LogP contribution is -2.31. The van der Waals surface area contributed by atoms with Crippen LogP contribution in [0.3, 0.4) is 0 Å². The molecule has 1 fully saturated rings. The van der Waals surface area contributed by atoms with Crippen molar-refractivity contribution in [2.75, 3.05) is 10.2 Å². The second-order valence-corrected chi connectivity index (χ2v) is 7.14. The van der Waals surface area contributed by atoms with Crippen LogP contribution >= 0.6 is 0 Å². The van der Waals surface area contributed by atoms with Crippen LogP contribution in [0.15, 0.2) is 54.6 Å². The number of nitrogens with zero attached hydrogens (tertiary/aromatic N) is 1. The molecule has 0 bridgehead atoms. The first-order valence-electron chi connectivity index (χ1n) is 9.91. The molecule has 3 amide bonds. The molecule has 0 aliphatic carbocycles. The number of unbranched alkanes of at least 4 members (excludes halogenated alkanes) is 1. The maximum Gasteiger partial charge on any atom is 0.255 e. The zero-order chi connectivity index (χ0) is 20.1. The standard InChI is InChI=1S/C23H26N2O3/c1-3-5-11-20-19(4-2)22(27)25(23(20)28)18-14-12-16(13-15-18)21(26)24-17-9-7-6-8-10-17/h6-10,12-15,19-20H,3-5,11H2,1-2H3,(H,24,26). The quantitative estimate of drug-likeness (QED) is 0.714. The second kappa shape index (κ2) is 8.83. The summed E-state index contributed by atoms with van der Waals surface area (Å²) in [5.41, 5.74) is 1.72. The number of anilines is 2. The number of rotatable bonds is 7. The van der Waals surface area contributed by atoms with Gasteiger partial charge < -0.3 is 5.32 Å². The molecule has 0 spiro atoms. The zero-order valence-corrected chi connectivity index (χ0v) is 16.4. The Morgan fingerprint density at radius 2 is 1.57 bits per heavy atom. The second-order valence-electron chi connectivity index (χ2n) is 7.14. The van der Waals surface area contributed by atoms with Crippen LogP contribution in [0.25, 0.3) is 0 Å². The van der Waals surface area contributed by atoms with Crippen LogP contribution in [0, 0.1) is 11.8 Å². The van der Waals surface area contributed by atoms with Crippen LogP contribution < -0.4 is 10.2 Å². The van der Waals surface area contributed by atoms with Crippen molar-refractivity contribution < 1.29 is 14.4 Å². The fourth-order valence-corrected chi connectivity index (χ4v) is 3.73. The Balaban J connectivity index is 1.76. The van der Waals surface area contributed by atoms with E-state index in [2.05, 4.69) is 12.2 Å². The third-order valence-electron chi connectivity index (χ3n) is 5.29. The molecule has 0 aromatic heterocycles. The first-order valence-corrected chi connectivity index (χ1v) is 9.91. The lowest BCUT2D eigenvalue weighted by molar-refractivity contribution is -0.122. The van der Waals surface area contributed by atoms with E-state index < -0.39 is 0 Å². The van der Waals surface area contributed by atoms with Gasteiger partial charge in [-0.1, -0.05) is 44.9 Å². The molecular weight excluding hydrogens is 352 g/mol. The number of amides is 3. The normalized spacial score (nSPS) is 19.1. The SMILES string of the molecule is CCCCC1C(=O)N(c2ccc(C(=O)Nc3ccccc3)cc2)C(=O)C1CC. The van der Waals surface area contributed by atoms with Gasteiger partial charge in [0.25, 0.3) is 5.91 Å². The maximum atomic E-state index is 12.9. The highest BCUT2D eigenvalue weighted by atomic mass is 16.2. The minimum atomic E-state index is -0.250. The Morgan fingerprint density at radius 3 is 2.18 bits per heavy atom. The molecule has 2 aromatic carbocycles. The topological polar surface area (TPSA) is 66.5 Å². The fourth-order valence-electron chi connectivity index (χ4n) is 3.73. The highest BCUT2D eigenvalue weighted by molar-refractivity contribution is 6.22. The van der Waals surface area contributed by atoms with E-state index in [1.807, 2.05) is 37.3 Å². The first-order chi connectivity index (χ1) is 13.6. The van der Waals surface area contributed by atoms with Gasteiger partial charge in [0.15, 0.2) is 0 Å². The van der Waals surface area contributed by atoms with Gasteiger partial charge in [0.1, 0.15) is 0 Å². The number of carbonyl (C=O) groups excluding carboxylic acids is 3. The van der Waals surface area contributed by atoms with Gasteiger partial charge in [-0.05, 0) is 49.2 Å². The molecule has 2 aromatic rings. The summed E-state index contributed by atoms with van der Waals surface area (Å²) in [6.45, 7) is 4.04. The van der Waals surface area contributed by atoms with E-state index >= 15 is 0 Å². The molecule has 1 aliphatic heterocycles. The van der Waals surface area contributed by atoms with E-state index in [-0.39, 0.29) is 29.6 Å². The molecule has 2 unspecified atom stereocenters. The van der Waals surface area contributed by atoms with Crippen LogP contribution in [0.5, 0.6) is 0 Å². The van der Waals surface area contributed by atoms with Crippen LogP contribution in [-0.2, 0) is 9.59 Å². The number of benzene rings is 2. The summed E-state index contributed by atoms with van der Waals surface area (Å²) in [5.74, 6) is -0.968. The number of hydrogen-bond donors (Lipinski definition) is 1. The van der Waals surface area contributed by atoms with E-state index in [4.69, 9.17) is 0 Å². The average molecular weight is 378 g/mol. The molecule has 0 radical (unpaired) electrons. The lowest BCUT2D eigenvalue weighted by Gasteiger charge is -2.15. The Hall–Kier alpha value is -2.95. The number of nitrogens with one attached hydrogen (secondary N) is 1. The highest BCUT2D eigenvalue weighted by Crippen LogP contribution is 2.35. The van der Waals surface area contributed by atoms with E-state index in [0.29, 0.717) is 23.4 Å². The smallest absolute Gasteiger partial charge is 0.255 e. The van der Waals surface area contributed by atoms with Crippen LogP contribution in [0.4, 0.5) is 11.4 Å². The predicted molar refractivity (Wildman–Crippen MR) is 110 cm³/mol. The van der Waals surface area contributed by atoms with Crippen LogP contribution in [-0.4, -0.2) is 17.7 Å². The van der Waals surface area contributed by atoms with Crippen molar-refractivity contribution in [2.24, 2.45) is 11.8 Å². The lowest BCUT2D eigenvalue weighted by atomic mass is 9.88. The summed E-state index contributed by atoms with van der Waals surface area (Å²) in [6.07, 6.45) is 3.34. The van der Waals surface area contributed by atoms with Gasteiger partial charge in [-0.15, -0.1) is 0 Å². The van der Waals surface area contributed by atoms with Crippen molar-refractivity contribution in [2.45, 2.75) is 39.5 Å². The van der Waals surface area contributed by atoms with Gasteiger partial charge in [0.05, 0.1) is 17.5 Å². The van der Waals surface area contributed by atoms with Crippen molar-refractivity contribution in [1.82, 2.24) is 0 Å². The Kier molecular flexibility index (Phi) is 6.24. The van der Waals surface area contributed by atoms with Crippen LogP contribution in [0.2, 0.25) is 0 Å². The predicted octanol–water partition coefficient (Wildman–Crippen LogP) is 4.64.